The Balaban J connectivity index is 1.25. The van der Waals surface area contributed by atoms with Crippen molar-refractivity contribution in [2.75, 3.05) is 26.2 Å². The first kappa shape index (κ1) is 33.6. The average molecular weight is 613 g/mol. The van der Waals surface area contributed by atoms with Gasteiger partial charge >= 0.3 is 12.2 Å². The minimum atomic E-state index is -0.945. The van der Waals surface area contributed by atoms with Crippen LogP contribution in [0.4, 0.5) is 9.59 Å². The van der Waals surface area contributed by atoms with E-state index in [1.807, 2.05) is 37.3 Å². The normalized spacial score (nSPS) is 25.1. The number of amides is 4. The van der Waals surface area contributed by atoms with E-state index >= 15 is 0 Å². The summed E-state index contributed by atoms with van der Waals surface area (Å²) in [5.41, 5.74) is -0.501. The van der Waals surface area contributed by atoms with E-state index in [4.69, 9.17) is 9.47 Å². The van der Waals surface area contributed by atoms with Crippen LogP contribution in [0.3, 0.4) is 0 Å². The van der Waals surface area contributed by atoms with Crippen molar-refractivity contribution in [1.82, 2.24) is 20.4 Å². The number of ether oxygens (including phenoxy) is 2. The molecule has 0 aromatic heterocycles. The highest BCUT2D eigenvalue weighted by atomic mass is 16.6. The number of hydrogen-bond donors (Lipinski definition) is 2. The second-order valence-electron chi connectivity index (χ2n) is 13.3. The number of alkyl carbamates (subject to hydrolysis) is 1. The molecule has 4 rings (SSSR count). The largest absolute Gasteiger partial charge is 0.445 e. The molecule has 0 radical (unpaired) electrons. The zero-order chi connectivity index (χ0) is 31.7. The predicted molar refractivity (Wildman–Crippen MR) is 168 cm³/mol. The van der Waals surface area contributed by atoms with Crippen molar-refractivity contribution >= 4 is 24.0 Å². The average Bonchev–Trinajstić information content (AvgIpc) is 3.01. The Labute approximate surface area is 262 Å². The first-order chi connectivity index (χ1) is 21.1. The number of piperazine rings is 1. The van der Waals surface area contributed by atoms with Crippen molar-refractivity contribution in [1.29, 1.82) is 0 Å². The molecular formula is C34H52N4O6. The fraction of sp³-hybridized carbons (Fsp3) is 0.706. The number of nitrogens with one attached hydrogen (secondary N) is 2. The van der Waals surface area contributed by atoms with Gasteiger partial charge in [-0.1, -0.05) is 57.5 Å². The molecule has 2 aliphatic heterocycles. The van der Waals surface area contributed by atoms with Crippen molar-refractivity contribution in [3.05, 3.63) is 35.9 Å². The Morgan fingerprint density at radius 1 is 1.07 bits per heavy atom. The summed E-state index contributed by atoms with van der Waals surface area (Å²) in [6.07, 6.45) is 6.73. The Morgan fingerprint density at radius 2 is 1.80 bits per heavy atom. The molecule has 3 aliphatic rings. The van der Waals surface area contributed by atoms with Crippen molar-refractivity contribution in [2.45, 2.75) is 116 Å². The van der Waals surface area contributed by atoms with Crippen molar-refractivity contribution in [3.8, 4) is 0 Å². The van der Waals surface area contributed by atoms with Gasteiger partial charge in [-0.05, 0) is 76.2 Å². The van der Waals surface area contributed by atoms with E-state index in [1.54, 1.807) is 9.80 Å². The molecule has 1 aliphatic carbocycles. The van der Waals surface area contributed by atoms with Crippen LogP contribution in [-0.2, 0) is 25.7 Å². The summed E-state index contributed by atoms with van der Waals surface area (Å²) in [4.78, 5) is 56.1. The summed E-state index contributed by atoms with van der Waals surface area (Å²) < 4.78 is 11.4. The van der Waals surface area contributed by atoms with Crippen molar-refractivity contribution < 1.29 is 28.7 Å². The predicted octanol–water partition coefficient (Wildman–Crippen LogP) is 5.40. The number of piperidine rings is 1. The molecule has 2 N–H and O–H groups in total. The van der Waals surface area contributed by atoms with Gasteiger partial charge in [0.15, 0.2) is 0 Å². The molecule has 2 unspecified atom stereocenters. The molecule has 1 aromatic carbocycles. The van der Waals surface area contributed by atoms with E-state index in [0.717, 1.165) is 31.2 Å². The van der Waals surface area contributed by atoms with Crippen molar-refractivity contribution in [3.63, 3.8) is 0 Å². The number of benzene rings is 1. The first-order valence-corrected chi connectivity index (χ1v) is 16.6. The zero-order valence-electron chi connectivity index (χ0n) is 27.1. The van der Waals surface area contributed by atoms with Gasteiger partial charge in [0.05, 0.1) is 0 Å². The Kier molecular flexibility index (Phi) is 11.5. The molecule has 2 heterocycles. The topological polar surface area (TPSA) is 117 Å². The number of carbonyl (C=O) groups is 4. The van der Waals surface area contributed by atoms with Gasteiger partial charge in [-0.25, -0.2) is 9.59 Å². The second-order valence-corrected chi connectivity index (χ2v) is 13.3. The lowest BCUT2D eigenvalue weighted by Gasteiger charge is -2.52. The van der Waals surface area contributed by atoms with E-state index < -0.39 is 23.3 Å². The quantitative estimate of drug-likeness (QED) is 0.324. The van der Waals surface area contributed by atoms with E-state index in [0.29, 0.717) is 70.1 Å². The van der Waals surface area contributed by atoms with Crippen LogP contribution in [0.15, 0.2) is 30.3 Å². The summed E-state index contributed by atoms with van der Waals surface area (Å²) in [6, 6.07) is 8.89. The second kappa shape index (κ2) is 15.1. The highest BCUT2D eigenvalue weighted by Crippen LogP contribution is 2.42. The van der Waals surface area contributed by atoms with Crippen LogP contribution in [0.2, 0.25) is 0 Å². The third kappa shape index (κ3) is 7.85. The SMILES string of the molecule is CCCN1C(=O)[C@H](CCCCNC(=O)OCc2ccccc2)NC(=O)C12CCN(C(=O)OC1(C)CCCCC1C(C)C)CC2. The van der Waals surface area contributed by atoms with Gasteiger partial charge in [0.2, 0.25) is 11.8 Å². The molecule has 1 saturated carbocycles. The minimum absolute atomic E-state index is 0.0628. The zero-order valence-corrected chi connectivity index (χ0v) is 27.1. The monoisotopic (exact) mass is 612 g/mol. The highest BCUT2D eigenvalue weighted by Gasteiger charge is 2.54. The third-order valence-electron chi connectivity index (χ3n) is 9.85. The number of unbranched alkanes of at least 4 members (excludes halogenated alkanes) is 1. The van der Waals surface area contributed by atoms with Crippen LogP contribution in [0.25, 0.3) is 0 Å². The number of likely N-dealkylation sites (tertiary alicyclic amines) is 1. The minimum Gasteiger partial charge on any atom is -0.445 e. The third-order valence-corrected chi connectivity index (χ3v) is 9.85. The maximum atomic E-state index is 13.7. The molecule has 0 bridgehead atoms. The fourth-order valence-corrected chi connectivity index (χ4v) is 7.37. The van der Waals surface area contributed by atoms with Gasteiger partial charge in [-0.15, -0.1) is 0 Å². The van der Waals surface area contributed by atoms with Crippen LogP contribution in [-0.4, -0.2) is 77.2 Å². The van der Waals surface area contributed by atoms with Gasteiger partial charge < -0.3 is 29.9 Å². The van der Waals surface area contributed by atoms with Crippen LogP contribution in [0, 0.1) is 11.8 Å². The van der Waals surface area contributed by atoms with E-state index in [2.05, 4.69) is 31.4 Å². The molecule has 10 heteroatoms. The fourth-order valence-electron chi connectivity index (χ4n) is 7.37. The maximum absolute atomic E-state index is 13.7. The van der Waals surface area contributed by atoms with E-state index in [9.17, 15) is 19.2 Å². The van der Waals surface area contributed by atoms with Crippen LogP contribution in [0.5, 0.6) is 0 Å². The first-order valence-electron chi connectivity index (χ1n) is 16.6. The Hall–Kier alpha value is -3.30. The number of carbonyl (C=O) groups excluding carboxylic acids is 4. The van der Waals surface area contributed by atoms with Gasteiger partial charge in [0.1, 0.15) is 23.8 Å². The van der Waals surface area contributed by atoms with Crippen LogP contribution in [0.1, 0.15) is 97.5 Å². The molecular weight excluding hydrogens is 560 g/mol. The summed E-state index contributed by atoms with van der Waals surface area (Å²) in [5, 5.41) is 5.76. The lowest BCUT2D eigenvalue weighted by molar-refractivity contribution is -0.161. The Bertz CT molecular complexity index is 1140. The molecule has 1 aromatic rings. The maximum Gasteiger partial charge on any atom is 0.410 e. The van der Waals surface area contributed by atoms with Crippen LogP contribution >= 0.6 is 0 Å². The van der Waals surface area contributed by atoms with Gasteiger partial charge in [0, 0.05) is 32.1 Å². The molecule has 3 atom stereocenters. The number of rotatable bonds is 11. The molecule has 44 heavy (non-hydrogen) atoms. The molecule has 1 spiro atoms. The molecule has 3 fully saturated rings. The number of hydrogen-bond acceptors (Lipinski definition) is 6. The summed E-state index contributed by atoms with van der Waals surface area (Å²) in [7, 11) is 0. The van der Waals surface area contributed by atoms with Gasteiger partial charge in [-0.2, -0.15) is 0 Å². The van der Waals surface area contributed by atoms with Crippen LogP contribution < -0.4 is 10.6 Å². The molecule has 4 amide bonds. The lowest BCUT2D eigenvalue weighted by Crippen LogP contribution is -2.73. The standard InChI is InChI=1S/C34H52N4O6/c1-5-21-38-29(39)28(16-10-12-20-35-31(41)43-24-26-13-7-6-8-14-26)36-30(40)34(38)18-22-37(23-19-34)32(42)44-33(4)17-11-9-15-27(33)25(2)3/h6-8,13-14,25,27-28H,5,9-12,15-24H2,1-4H3,(H,35,41)(H,36,40)/t27?,28-,33?/m0/s1. The van der Waals surface area contributed by atoms with Gasteiger partial charge in [0.25, 0.3) is 0 Å². The highest BCUT2D eigenvalue weighted by molar-refractivity contribution is 6.00. The summed E-state index contributed by atoms with van der Waals surface area (Å²) in [6.45, 7) is 10.4. The summed E-state index contributed by atoms with van der Waals surface area (Å²) >= 11 is 0. The summed E-state index contributed by atoms with van der Waals surface area (Å²) in [5.74, 6) is 0.569. The smallest absolute Gasteiger partial charge is 0.410 e. The molecule has 244 valence electrons. The van der Waals surface area contributed by atoms with E-state index in [-0.39, 0.29) is 24.5 Å². The van der Waals surface area contributed by atoms with Gasteiger partial charge in [-0.3, -0.25) is 9.59 Å². The number of nitrogens with zero attached hydrogens (tertiary/aromatic N) is 2. The van der Waals surface area contributed by atoms with E-state index in [1.165, 1.54) is 6.42 Å². The van der Waals surface area contributed by atoms with Crippen molar-refractivity contribution in [2.24, 2.45) is 11.8 Å². The molecule has 2 saturated heterocycles. The lowest BCUT2D eigenvalue weighted by atomic mass is 9.71. The molecule has 10 nitrogen and oxygen atoms in total. The Morgan fingerprint density at radius 3 is 2.48 bits per heavy atom.